The standard InChI is InChI=1S/C17H14FN3O3S2/c18-11-3-1-10(2-4-11)12-8-26-17-15(12)16(20-9-21-17)25-6-5-13(22)19-7-14(23)24/h1-4,8-9H,5-7H2,(H,19,22)(H,23,24). The largest absolute Gasteiger partial charge is 0.480 e. The second kappa shape index (κ2) is 8.24. The smallest absolute Gasteiger partial charge is 0.322 e. The average molecular weight is 391 g/mol. The first kappa shape index (κ1) is 18.3. The van der Waals surface area contributed by atoms with Gasteiger partial charge in [-0.25, -0.2) is 14.4 Å². The first-order chi connectivity index (χ1) is 12.5. The molecule has 0 aliphatic rings. The van der Waals surface area contributed by atoms with E-state index >= 15 is 0 Å². The van der Waals surface area contributed by atoms with Crippen LogP contribution in [0.1, 0.15) is 6.42 Å². The molecule has 0 saturated carbocycles. The molecule has 0 unspecified atom stereocenters. The Morgan fingerprint density at radius 1 is 1.23 bits per heavy atom. The fourth-order valence-corrected chi connectivity index (χ4v) is 4.24. The number of nitrogens with one attached hydrogen (secondary N) is 1. The zero-order chi connectivity index (χ0) is 18.5. The van der Waals surface area contributed by atoms with Gasteiger partial charge < -0.3 is 10.4 Å². The number of halogens is 1. The number of thiophene rings is 1. The summed E-state index contributed by atoms with van der Waals surface area (Å²) in [5.41, 5.74) is 1.79. The molecule has 2 heterocycles. The fraction of sp³-hybridized carbons (Fsp3) is 0.176. The highest BCUT2D eigenvalue weighted by atomic mass is 32.2. The van der Waals surface area contributed by atoms with E-state index in [1.807, 2.05) is 5.38 Å². The number of carbonyl (C=O) groups is 2. The zero-order valence-corrected chi connectivity index (χ0v) is 15.1. The van der Waals surface area contributed by atoms with Crippen LogP contribution in [0.3, 0.4) is 0 Å². The molecule has 0 atom stereocenters. The van der Waals surface area contributed by atoms with Gasteiger partial charge in [0.05, 0.1) is 5.39 Å². The van der Waals surface area contributed by atoms with Crippen molar-refractivity contribution < 1.29 is 19.1 Å². The van der Waals surface area contributed by atoms with Crippen LogP contribution < -0.4 is 5.32 Å². The van der Waals surface area contributed by atoms with Crippen molar-refractivity contribution in [2.45, 2.75) is 11.4 Å². The van der Waals surface area contributed by atoms with Gasteiger partial charge in [0, 0.05) is 23.1 Å². The Morgan fingerprint density at radius 2 is 2.00 bits per heavy atom. The maximum atomic E-state index is 13.2. The average Bonchev–Trinajstić information content (AvgIpc) is 3.05. The Morgan fingerprint density at radius 3 is 2.73 bits per heavy atom. The van der Waals surface area contributed by atoms with E-state index in [-0.39, 0.29) is 24.7 Å². The summed E-state index contributed by atoms with van der Waals surface area (Å²) in [4.78, 5) is 31.5. The van der Waals surface area contributed by atoms with E-state index in [0.29, 0.717) is 5.75 Å². The second-order valence-electron chi connectivity index (χ2n) is 5.28. The van der Waals surface area contributed by atoms with Crippen LogP contribution in [0.15, 0.2) is 41.0 Å². The van der Waals surface area contributed by atoms with E-state index in [0.717, 1.165) is 26.4 Å². The number of carboxylic acids is 1. The van der Waals surface area contributed by atoms with Gasteiger partial charge in [-0.2, -0.15) is 0 Å². The number of hydrogen-bond acceptors (Lipinski definition) is 6. The number of nitrogens with zero attached hydrogens (tertiary/aromatic N) is 2. The van der Waals surface area contributed by atoms with Crippen molar-refractivity contribution in [3.63, 3.8) is 0 Å². The van der Waals surface area contributed by atoms with E-state index < -0.39 is 5.97 Å². The van der Waals surface area contributed by atoms with Crippen LogP contribution in [0.4, 0.5) is 4.39 Å². The Bertz CT molecular complexity index is 944. The van der Waals surface area contributed by atoms with Crippen molar-refractivity contribution in [1.82, 2.24) is 15.3 Å². The molecule has 2 N–H and O–H groups in total. The number of carboxylic acid groups (broad SMARTS) is 1. The number of hydrogen-bond donors (Lipinski definition) is 2. The van der Waals surface area contributed by atoms with Crippen molar-refractivity contribution in [3.8, 4) is 11.1 Å². The lowest BCUT2D eigenvalue weighted by Gasteiger charge is -2.06. The fourth-order valence-electron chi connectivity index (χ4n) is 2.30. The van der Waals surface area contributed by atoms with Gasteiger partial charge in [-0.15, -0.1) is 23.1 Å². The van der Waals surface area contributed by atoms with E-state index in [9.17, 15) is 14.0 Å². The highest BCUT2D eigenvalue weighted by Crippen LogP contribution is 2.37. The van der Waals surface area contributed by atoms with E-state index in [1.54, 1.807) is 12.1 Å². The summed E-state index contributed by atoms with van der Waals surface area (Å²) < 4.78 is 13.2. The molecular formula is C17H14FN3O3S2. The van der Waals surface area contributed by atoms with Gasteiger partial charge in [-0.3, -0.25) is 9.59 Å². The monoisotopic (exact) mass is 391 g/mol. The highest BCUT2D eigenvalue weighted by molar-refractivity contribution is 7.99. The summed E-state index contributed by atoms with van der Waals surface area (Å²) >= 11 is 2.88. The van der Waals surface area contributed by atoms with Crippen LogP contribution in [-0.4, -0.2) is 39.2 Å². The molecule has 1 aromatic carbocycles. The van der Waals surface area contributed by atoms with E-state index in [4.69, 9.17) is 5.11 Å². The van der Waals surface area contributed by atoms with E-state index in [1.165, 1.54) is 41.6 Å². The molecule has 1 amide bonds. The molecule has 0 fully saturated rings. The van der Waals surface area contributed by atoms with Crippen LogP contribution in [0.2, 0.25) is 0 Å². The third kappa shape index (κ3) is 4.36. The molecule has 0 saturated heterocycles. The van der Waals surface area contributed by atoms with Crippen molar-refractivity contribution in [2.24, 2.45) is 0 Å². The maximum absolute atomic E-state index is 13.2. The molecule has 134 valence electrons. The number of aromatic nitrogens is 2. The van der Waals surface area contributed by atoms with Gasteiger partial charge in [-0.1, -0.05) is 12.1 Å². The molecule has 26 heavy (non-hydrogen) atoms. The van der Waals surface area contributed by atoms with Gasteiger partial charge in [0.25, 0.3) is 0 Å². The van der Waals surface area contributed by atoms with Gasteiger partial charge in [0.2, 0.25) is 5.91 Å². The number of benzene rings is 1. The SMILES string of the molecule is O=C(O)CNC(=O)CCSc1ncnc2scc(-c3ccc(F)cc3)c12. The Balaban J connectivity index is 1.76. The molecule has 0 radical (unpaired) electrons. The molecule has 0 bridgehead atoms. The Hall–Kier alpha value is -2.52. The quantitative estimate of drug-likeness (QED) is 0.475. The summed E-state index contributed by atoms with van der Waals surface area (Å²) in [6.45, 7) is -0.388. The topological polar surface area (TPSA) is 92.2 Å². The predicted molar refractivity (Wildman–Crippen MR) is 98.8 cm³/mol. The molecule has 3 aromatic rings. The zero-order valence-electron chi connectivity index (χ0n) is 13.4. The molecule has 9 heteroatoms. The number of aliphatic carboxylic acids is 1. The summed E-state index contributed by atoms with van der Waals surface area (Å²) in [5.74, 6) is -1.25. The molecule has 2 aromatic heterocycles. The Kier molecular flexibility index (Phi) is 5.79. The van der Waals surface area contributed by atoms with Gasteiger partial charge >= 0.3 is 5.97 Å². The summed E-state index contributed by atoms with van der Waals surface area (Å²) in [6.07, 6.45) is 1.65. The minimum Gasteiger partial charge on any atom is -0.480 e. The molecule has 0 aliphatic heterocycles. The van der Waals surface area contributed by atoms with Crippen molar-refractivity contribution in [2.75, 3.05) is 12.3 Å². The highest BCUT2D eigenvalue weighted by Gasteiger charge is 2.14. The third-order valence-corrected chi connectivity index (χ3v) is 5.37. The minimum absolute atomic E-state index is 0.180. The van der Waals surface area contributed by atoms with Crippen LogP contribution in [-0.2, 0) is 9.59 Å². The molecule has 0 spiro atoms. The van der Waals surface area contributed by atoms with Crippen LogP contribution >= 0.6 is 23.1 Å². The lowest BCUT2D eigenvalue weighted by molar-refractivity contribution is -0.137. The Labute approximate surface area is 156 Å². The molecule has 3 rings (SSSR count). The van der Waals surface area contributed by atoms with E-state index in [2.05, 4.69) is 15.3 Å². The van der Waals surface area contributed by atoms with Gasteiger partial charge in [0.1, 0.15) is 28.5 Å². The van der Waals surface area contributed by atoms with Gasteiger partial charge in [0.15, 0.2) is 0 Å². The number of amides is 1. The number of carbonyl (C=O) groups excluding carboxylic acids is 1. The number of fused-ring (bicyclic) bond motifs is 1. The summed E-state index contributed by atoms with van der Waals surface area (Å²) in [7, 11) is 0. The number of rotatable bonds is 7. The molecule has 6 nitrogen and oxygen atoms in total. The van der Waals surface area contributed by atoms with Crippen molar-refractivity contribution in [1.29, 1.82) is 0 Å². The normalized spacial score (nSPS) is 10.8. The van der Waals surface area contributed by atoms with Crippen LogP contribution in [0.5, 0.6) is 0 Å². The lowest BCUT2D eigenvalue weighted by Crippen LogP contribution is -2.29. The van der Waals surface area contributed by atoms with Crippen LogP contribution in [0, 0.1) is 5.82 Å². The van der Waals surface area contributed by atoms with Crippen molar-refractivity contribution >= 4 is 45.2 Å². The molecule has 0 aliphatic carbocycles. The second-order valence-corrected chi connectivity index (χ2v) is 7.23. The minimum atomic E-state index is -1.08. The van der Waals surface area contributed by atoms with Crippen LogP contribution in [0.25, 0.3) is 21.3 Å². The first-order valence-electron chi connectivity index (χ1n) is 7.64. The predicted octanol–water partition coefficient (Wildman–Crippen LogP) is 3.18. The third-order valence-electron chi connectivity index (χ3n) is 3.50. The lowest BCUT2D eigenvalue weighted by atomic mass is 10.1. The van der Waals surface area contributed by atoms with Crippen molar-refractivity contribution in [3.05, 3.63) is 41.8 Å². The summed E-state index contributed by atoms with van der Waals surface area (Å²) in [5, 5.41) is 14.4. The van der Waals surface area contributed by atoms with Gasteiger partial charge in [-0.05, 0) is 17.7 Å². The first-order valence-corrected chi connectivity index (χ1v) is 9.50. The summed E-state index contributed by atoms with van der Waals surface area (Å²) in [6, 6.07) is 6.22. The molecular weight excluding hydrogens is 377 g/mol. The number of thioether (sulfide) groups is 1. The maximum Gasteiger partial charge on any atom is 0.322 e.